The summed E-state index contributed by atoms with van der Waals surface area (Å²) in [5.74, 6) is -3.89. The van der Waals surface area contributed by atoms with Gasteiger partial charge in [0, 0.05) is 23.6 Å². The number of carbonyl (C=O) groups excluding carboxylic acids is 2. The van der Waals surface area contributed by atoms with Gasteiger partial charge in [-0.1, -0.05) is 0 Å². The van der Waals surface area contributed by atoms with Crippen LogP contribution in [0.3, 0.4) is 0 Å². The Hall–Kier alpha value is -3.75. The number of anilines is 1. The van der Waals surface area contributed by atoms with Gasteiger partial charge in [0.15, 0.2) is 0 Å². The highest BCUT2D eigenvalue weighted by atomic mass is 16.4. The fourth-order valence-electron chi connectivity index (χ4n) is 2.02. The third kappa shape index (κ3) is 5.13. The van der Waals surface area contributed by atoms with Gasteiger partial charge >= 0.3 is 11.9 Å². The molecule has 0 radical (unpaired) electrons. The van der Waals surface area contributed by atoms with Crippen molar-refractivity contribution in [1.29, 1.82) is 0 Å². The van der Waals surface area contributed by atoms with Crippen molar-refractivity contribution in [2.45, 2.75) is 12.5 Å². The highest BCUT2D eigenvalue weighted by Gasteiger charge is 2.23. The monoisotopic (exact) mass is 357 g/mol. The number of carboxylic acids is 2. The van der Waals surface area contributed by atoms with Crippen LogP contribution in [0.1, 0.15) is 27.1 Å². The normalized spacial score (nSPS) is 11.2. The van der Waals surface area contributed by atoms with Crippen molar-refractivity contribution in [2.24, 2.45) is 0 Å². The number of hydrogen-bond acceptors (Lipinski definition) is 5. The van der Waals surface area contributed by atoms with Crippen LogP contribution in [-0.4, -0.2) is 45.0 Å². The Kier molecular flexibility index (Phi) is 5.99. The van der Waals surface area contributed by atoms with Crippen molar-refractivity contribution in [3.8, 4) is 0 Å². The summed E-state index contributed by atoms with van der Waals surface area (Å²) in [4.78, 5) is 49.5. The molecule has 0 saturated carbocycles. The van der Waals surface area contributed by atoms with Crippen LogP contribution in [0, 0.1) is 0 Å². The molecule has 1 atom stereocenters. The summed E-state index contributed by atoms with van der Waals surface area (Å²) in [6.07, 6.45) is 2.21. The molecule has 2 amide bonds. The topological polar surface area (TPSA) is 146 Å². The second-order valence-electron chi connectivity index (χ2n) is 5.24. The van der Waals surface area contributed by atoms with E-state index >= 15 is 0 Å². The molecule has 9 nitrogen and oxygen atoms in total. The van der Waals surface area contributed by atoms with Gasteiger partial charge in [0.05, 0.1) is 12.0 Å². The van der Waals surface area contributed by atoms with E-state index in [9.17, 15) is 19.2 Å². The number of aromatic nitrogens is 1. The predicted molar refractivity (Wildman–Crippen MR) is 89.8 cm³/mol. The maximum atomic E-state index is 12.0. The highest BCUT2D eigenvalue weighted by Crippen LogP contribution is 2.11. The Morgan fingerprint density at radius 2 is 1.65 bits per heavy atom. The summed E-state index contributed by atoms with van der Waals surface area (Å²) in [6, 6.07) is 7.38. The number of nitrogens with one attached hydrogen (secondary N) is 2. The number of carboxylic acid groups (broad SMARTS) is 2. The molecule has 0 saturated heterocycles. The van der Waals surface area contributed by atoms with Gasteiger partial charge in [-0.15, -0.1) is 0 Å². The summed E-state index contributed by atoms with van der Waals surface area (Å²) >= 11 is 0. The summed E-state index contributed by atoms with van der Waals surface area (Å²) in [5.41, 5.74) is 0.920. The number of amides is 2. The van der Waals surface area contributed by atoms with Crippen molar-refractivity contribution in [2.75, 3.05) is 5.32 Å². The Morgan fingerprint density at radius 1 is 0.962 bits per heavy atom. The van der Waals surface area contributed by atoms with Crippen molar-refractivity contribution in [3.05, 3.63) is 59.9 Å². The number of pyridine rings is 1. The summed E-state index contributed by atoms with van der Waals surface area (Å²) in [6.45, 7) is 0. The van der Waals surface area contributed by atoms with Gasteiger partial charge in [-0.05, 0) is 36.4 Å². The quantitative estimate of drug-likeness (QED) is 0.578. The molecular weight excluding hydrogens is 342 g/mol. The number of benzene rings is 1. The molecule has 1 aromatic carbocycles. The Labute approximate surface area is 147 Å². The van der Waals surface area contributed by atoms with Crippen LogP contribution in [0.4, 0.5) is 5.69 Å². The fraction of sp³-hybridized carbons (Fsp3) is 0.118. The van der Waals surface area contributed by atoms with E-state index in [1.807, 2.05) is 0 Å². The molecule has 0 aliphatic rings. The van der Waals surface area contributed by atoms with Crippen LogP contribution in [-0.2, 0) is 9.59 Å². The fourth-order valence-corrected chi connectivity index (χ4v) is 2.02. The Balaban J connectivity index is 2.02. The van der Waals surface area contributed by atoms with Gasteiger partial charge in [-0.3, -0.25) is 19.4 Å². The second kappa shape index (κ2) is 8.38. The molecule has 9 heteroatoms. The highest BCUT2D eigenvalue weighted by molar-refractivity contribution is 6.04. The predicted octanol–water partition coefficient (Wildman–Crippen LogP) is 0.992. The average Bonchev–Trinajstić information content (AvgIpc) is 2.62. The molecule has 0 aliphatic heterocycles. The Morgan fingerprint density at radius 3 is 2.19 bits per heavy atom. The molecule has 1 unspecified atom stereocenters. The lowest BCUT2D eigenvalue weighted by atomic mass is 10.1. The lowest BCUT2D eigenvalue weighted by Crippen LogP contribution is -2.42. The van der Waals surface area contributed by atoms with E-state index in [2.05, 4.69) is 15.6 Å². The van der Waals surface area contributed by atoms with Gasteiger partial charge in [0.1, 0.15) is 6.04 Å². The van der Waals surface area contributed by atoms with Crippen LogP contribution in [0.25, 0.3) is 0 Å². The first-order valence-electron chi connectivity index (χ1n) is 7.43. The largest absolute Gasteiger partial charge is 0.481 e. The number of hydrogen-bond donors (Lipinski definition) is 4. The third-order valence-corrected chi connectivity index (χ3v) is 3.31. The average molecular weight is 357 g/mol. The molecule has 2 rings (SSSR count). The summed E-state index contributed by atoms with van der Waals surface area (Å²) in [7, 11) is 0. The van der Waals surface area contributed by atoms with E-state index in [0.29, 0.717) is 11.3 Å². The molecule has 1 aromatic heterocycles. The lowest BCUT2D eigenvalue weighted by molar-refractivity contribution is -0.145. The van der Waals surface area contributed by atoms with Crippen LogP contribution in [0.15, 0.2) is 48.8 Å². The van der Waals surface area contributed by atoms with Crippen molar-refractivity contribution >= 4 is 29.4 Å². The van der Waals surface area contributed by atoms with Crippen LogP contribution in [0.2, 0.25) is 0 Å². The molecule has 1 heterocycles. The molecule has 0 bridgehead atoms. The van der Waals surface area contributed by atoms with Crippen LogP contribution < -0.4 is 10.6 Å². The maximum absolute atomic E-state index is 12.0. The number of rotatable bonds is 7. The zero-order valence-electron chi connectivity index (χ0n) is 13.4. The van der Waals surface area contributed by atoms with E-state index in [0.717, 1.165) is 0 Å². The molecule has 0 spiro atoms. The summed E-state index contributed by atoms with van der Waals surface area (Å²) in [5, 5.41) is 22.4. The minimum absolute atomic E-state index is 0.126. The lowest BCUT2D eigenvalue weighted by Gasteiger charge is -2.12. The van der Waals surface area contributed by atoms with Crippen LogP contribution >= 0.6 is 0 Å². The second-order valence-corrected chi connectivity index (χ2v) is 5.24. The molecule has 0 fully saturated rings. The van der Waals surface area contributed by atoms with Crippen LogP contribution in [0.5, 0.6) is 0 Å². The van der Waals surface area contributed by atoms with E-state index in [-0.39, 0.29) is 11.5 Å². The molecule has 4 N–H and O–H groups in total. The summed E-state index contributed by atoms with van der Waals surface area (Å²) < 4.78 is 0. The zero-order valence-corrected chi connectivity index (χ0v) is 13.4. The molecule has 134 valence electrons. The van der Waals surface area contributed by atoms with Gasteiger partial charge in [0.2, 0.25) is 0 Å². The number of aliphatic carboxylic acids is 2. The van der Waals surface area contributed by atoms with Crippen molar-refractivity contribution in [1.82, 2.24) is 10.3 Å². The molecular formula is C17H15N3O6. The van der Waals surface area contributed by atoms with Crippen molar-refractivity contribution in [3.63, 3.8) is 0 Å². The van der Waals surface area contributed by atoms with Gasteiger partial charge in [-0.25, -0.2) is 4.79 Å². The van der Waals surface area contributed by atoms with Crippen molar-refractivity contribution < 1.29 is 29.4 Å². The zero-order chi connectivity index (χ0) is 19.1. The van der Waals surface area contributed by atoms with E-state index in [4.69, 9.17) is 10.2 Å². The number of carbonyl (C=O) groups is 4. The van der Waals surface area contributed by atoms with E-state index < -0.39 is 30.3 Å². The first-order valence-corrected chi connectivity index (χ1v) is 7.43. The van der Waals surface area contributed by atoms with Gasteiger partial charge in [-0.2, -0.15) is 0 Å². The smallest absolute Gasteiger partial charge is 0.326 e. The SMILES string of the molecule is O=C(O)CC(NC(=O)c1ccc(NC(=O)c2cccnc2)cc1)C(=O)O. The van der Waals surface area contributed by atoms with Gasteiger partial charge < -0.3 is 20.8 Å². The maximum Gasteiger partial charge on any atom is 0.326 e. The molecule has 0 aliphatic carbocycles. The number of nitrogens with zero attached hydrogens (tertiary/aromatic N) is 1. The molecule has 26 heavy (non-hydrogen) atoms. The van der Waals surface area contributed by atoms with E-state index in [1.54, 1.807) is 18.3 Å². The standard InChI is InChI=1S/C17H15N3O6/c21-14(22)8-13(17(25)26)20-15(23)10-3-5-12(6-4-10)19-16(24)11-2-1-7-18-9-11/h1-7,9,13H,8H2,(H,19,24)(H,20,23)(H,21,22)(H,25,26). The van der Waals surface area contributed by atoms with E-state index in [1.165, 1.54) is 30.5 Å². The minimum Gasteiger partial charge on any atom is -0.481 e. The Bertz CT molecular complexity index is 820. The minimum atomic E-state index is -1.54. The first-order chi connectivity index (χ1) is 12.4. The third-order valence-electron chi connectivity index (χ3n) is 3.31. The molecule has 2 aromatic rings. The first kappa shape index (κ1) is 18.6. The van der Waals surface area contributed by atoms with Gasteiger partial charge in [0.25, 0.3) is 11.8 Å².